The first-order valence-electron chi connectivity index (χ1n) is 8.46. The molecule has 1 aliphatic heterocycles. The normalized spacial score (nSPS) is 20.1. The molecule has 1 aromatic heterocycles. The molecule has 0 radical (unpaired) electrons. The van der Waals surface area contributed by atoms with E-state index in [9.17, 15) is 5.11 Å². The number of rotatable bonds is 5. The van der Waals surface area contributed by atoms with Crippen molar-refractivity contribution in [1.82, 2.24) is 14.7 Å². The van der Waals surface area contributed by atoms with Crippen LogP contribution < -0.4 is 0 Å². The van der Waals surface area contributed by atoms with Crippen LogP contribution in [0.25, 0.3) is 0 Å². The maximum Gasteiger partial charge on any atom is 0.0917 e. The topological polar surface area (TPSA) is 41.3 Å². The summed E-state index contributed by atoms with van der Waals surface area (Å²) in [5.41, 5.74) is 4.79. The molecule has 1 aromatic carbocycles. The first kappa shape index (κ1) is 16.2. The van der Waals surface area contributed by atoms with Crippen LogP contribution in [0, 0.1) is 19.8 Å². The molecular formula is C19H27N3O. The minimum absolute atomic E-state index is 0.397. The van der Waals surface area contributed by atoms with Gasteiger partial charge in [0.25, 0.3) is 0 Å². The lowest BCUT2D eigenvalue weighted by molar-refractivity contribution is 0.124. The standard InChI is InChI=1S/C19H27N3O/c1-14-6-15(2)8-18(7-14)19(23)13-22-5-4-16(12-22)9-17-10-20-21(3)11-17/h6-8,10-11,16,19,23H,4-5,9,12-13H2,1-3H3. The Morgan fingerprint density at radius 1 is 1.26 bits per heavy atom. The van der Waals surface area contributed by atoms with Gasteiger partial charge in [-0.3, -0.25) is 4.68 Å². The van der Waals surface area contributed by atoms with Gasteiger partial charge in [0.2, 0.25) is 0 Å². The second kappa shape index (κ2) is 6.85. The third kappa shape index (κ3) is 4.21. The number of benzene rings is 1. The minimum atomic E-state index is -0.397. The summed E-state index contributed by atoms with van der Waals surface area (Å²) in [6.07, 6.45) is 5.96. The molecular weight excluding hydrogens is 286 g/mol. The second-order valence-corrected chi connectivity index (χ2v) is 7.08. The maximum absolute atomic E-state index is 10.6. The largest absolute Gasteiger partial charge is 0.387 e. The van der Waals surface area contributed by atoms with E-state index in [4.69, 9.17) is 0 Å². The Hall–Kier alpha value is -1.65. The summed E-state index contributed by atoms with van der Waals surface area (Å²) in [4.78, 5) is 2.39. The van der Waals surface area contributed by atoms with E-state index in [1.807, 2.05) is 17.9 Å². The molecule has 2 unspecified atom stereocenters. The van der Waals surface area contributed by atoms with Gasteiger partial charge in [-0.05, 0) is 50.3 Å². The number of aryl methyl sites for hydroxylation is 3. The molecule has 1 fully saturated rings. The zero-order valence-electron chi connectivity index (χ0n) is 14.4. The van der Waals surface area contributed by atoms with E-state index in [2.05, 4.69) is 48.2 Å². The molecule has 4 heteroatoms. The Bertz CT molecular complexity index is 644. The molecule has 0 spiro atoms. The first-order chi connectivity index (χ1) is 11.0. The van der Waals surface area contributed by atoms with Crippen molar-refractivity contribution in [2.45, 2.75) is 32.8 Å². The van der Waals surface area contributed by atoms with Crippen molar-refractivity contribution in [2.75, 3.05) is 19.6 Å². The Kier molecular flexibility index (Phi) is 4.83. The fraction of sp³-hybridized carbons (Fsp3) is 0.526. The van der Waals surface area contributed by atoms with Gasteiger partial charge >= 0.3 is 0 Å². The maximum atomic E-state index is 10.6. The molecule has 1 saturated heterocycles. The lowest BCUT2D eigenvalue weighted by Gasteiger charge is -2.21. The first-order valence-corrected chi connectivity index (χ1v) is 8.46. The number of aromatic nitrogens is 2. The molecule has 4 nitrogen and oxygen atoms in total. The summed E-state index contributed by atoms with van der Waals surface area (Å²) in [6.45, 7) is 7.04. The molecule has 0 amide bonds. The molecule has 2 aromatic rings. The third-order valence-electron chi connectivity index (χ3n) is 4.71. The average Bonchev–Trinajstić information content (AvgIpc) is 3.07. The van der Waals surface area contributed by atoms with E-state index < -0.39 is 6.10 Å². The van der Waals surface area contributed by atoms with Crippen LogP contribution in [-0.4, -0.2) is 39.4 Å². The summed E-state index contributed by atoms with van der Waals surface area (Å²) in [6, 6.07) is 6.34. The molecule has 2 heterocycles. The van der Waals surface area contributed by atoms with Gasteiger partial charge in [-0.15, -0.1) is 0 Å². The lowest BCUT2D eigenvalue weighted by atomic mass is 10.0. The predicted octanol–water partition coefficient (Wildman–Crippen LogP) is 2.63. The van der Waals surface area contributed by atoms with E-state index in [-0.39, 0.29) is 0 Å². The number of nitrogens with zero attached hydrogens (tertiary/aromatic N) is 3. The highest BCUT2D eigenvalue weighted by atomic mass is 16.3. The van der Waals surface area contributed by atoms with Gasteiger partial charge in [0.05, 0.1) is 12.3 Å². The van der Waals surface area contributed by atoms with Gasteiger partial charge < -0.3 is 10.0 Å². The van der Waals surface area contributed by atoms with Crippen molar-refractivity contribution in [2.24, 2.45) is 13.0 Å². The number of hydrogen-bond donors (Lipinski definition) is 1. The van der Waals surface area contributed by atoms with Crippen molar-refractivity contribution in [3.8, 4) is 0 Å². The van der Waals surface area contributed by atoms with E-state index in [0.717, 1.165) is 31.6 Å². The summed E-state index contributed by atoms with van der Waals surface area (Å²) in [7, 11) is 1.96. The van der Waals surface area contributed by atoms with Gasteiger partial charge in [0.1, 0.15) is 0 Å². The van der Waals surface area contributed by atoms with Crippen molar-refractivity contribution >= 4 is 0 Å². The molecule has 0 aliphatic carbocycles. The predicted molar refractivity (Wildman–Crippen MR) is 92.3 cm³/mol. The SMILES string of the molecule is Cc1cc(C)cc(C(O)CN2CCC(Cc3cnn(C)c3)C2)c1. The van der Waals surface area contributed by atoms with E-state index in [1.165, 1.54) is 23.1 Å². The molecule has 0 bridgehead atoms. The molecule has 2 atom stereocenters. The fourth-order valence-corrected chi connectivity index (χ4v) is 3.71. The summed E-state index contributed by atoms with van der Waals surface area (Å²) in [5.74, 6) is 0.672. The van der Waals surface area contributed by atoms with Gasteiger partial charge in [-0.2, -0.15) is 5.10 Å². The Labute approximate surface area is 138 Å². The molecule has 124 valence electrons. The van der Waals surface area contributed by atoms with E-state index in [1.54, 1.807) is 0 Å². The minimum Gasteiger partial charge on any atom is -0.387 e. The van der Waals surface area contributed by atoms with Gasteiger partial charge in [-0.1, -0.05) is 29.3 Å². The summed E-state index contributed by atoms with van der Waals surface area (Å²) >= 11 is 0. The number of likely N-dealkylation sites (tertiary alicyclic amines) is 1. The molecule has 1 N–H and O–H groups in total. The fourth-order valence-electron chi connectivity index (χ4n) is 3.71. The summed E-state index contributed by atoms with van der Waals surface area (Å²) in [5, 5.41) is 14.8. The van der Waals surface area contributed by atoms with Crippen LogP contribution >= 0.6 is 0 Å². The van der Waals surface area contributed by atoms with E-state index in [0.29, 0.717) is 5.92 Å². The number of hydrogen-bond acceptors (Lipinski definition) is 3. The zero-order chi connectivity index (χ0) is 16.4. The lowest BCUT2D eigenvalue weighted by Crippen LogP contribution is -2.27. The highest BCUT2D eigenvalue weighted by Crippen LogP contribution is 2.24. The Balaban J connectivity index is 1.54. The van der Waals surface area contributed by atoms with Gasteiger partial charge in [0.15, 0.2) is 0 Å². The van der Waals surface area contributed by atoms with Crippen LogP contribution in [-0.2, 0) is 13.5 Å². The highest BCUT2D eigenvalue weighted by Gasteiger charge is 2.25. The van der Waals surface area contributed by atoms with Crippen molar-refractivity contribution in [1.29, 1.82) is 0 Å². The summed E-state index contributed by atoms with van der Waals surface area (Å²) < 4.78 is 1.87. The quantitative estimate of drug-likeness (QED) is 0.922. The number of β-amino-alcohol motifs (C(OH)–C–C–N with tert-alkyl or cyclic N) is 1. The number of aliphatic hydroxyl groups is 1. The van der Waals surface area contributed by atoms with Crippen LogP contribution in [0.3, 0.4) is 0 Å². The van der Waals surface area contributed by atoms with Gasteiger partial charge in [-0.25, -0.2) is 0 Å². The van der Waals surface area contributed by atoms with Crippen LogP contribution in [0.2, 0.25) is 0 Å². The second-order valence-electron chi connectivity index (χ2n) is 7.08. The molecule has 0 saturated carbocycles. The van der Waals surface area contributed by atoms with Crippen LogP contribution in [0.5, 0.6) is 0 Å². The number of aliphatic hydroxyl groups excluding tert-OH is 1. The van der Waals surface area contributed by atoms with Crippen molar-refractivity contribution in [3.63, 3.8) is 0 Å². The smallest absolute Gasteiger partial charge is 0.0917 e. The van der Waals surface area contributed by atoms with Crippen LogP contribution in [0.15, 0.2) is 30.6 Å². The van der Waals surface area contributed by atoms with Crippen LogP contribution in [0.1, 0.15) is 34.8 Å². The highest BCUT2D eigenvalue weighted by molar-refractivity contribution is 5.30. The Morgan fingerprint density at radius 3 is 2.65 bits per heavy atom. The van der Waals surface area contributed by atoms with E-state index >= 15 is 0 Å². The third-order valence-corrected chi connectivity index (χ3v) is 4.71. The average molecular weight is 313 g/mol. The zero-order valence-corrected chi connectivity index (χ0v) is 14.4. The molecule has 3 rings (SSSR count). The van der Waals surface area contributed by atoms with Gasteiger partial charge in [0, 0.05) is 26.3 Å². The Morgan fingerprint density at radius 2 is 2.00 bits per heavy atom. The molecule has 23 heavy (non-hydrogen) atoms. The van der Waals surface area contributed by atoms with Crippen LogP contribution in [0.4, 0.5) is 0 Å². The van der Waals surface area contributed by atoms with Crippen molar-refractivity contribution < 1.29 is 5.11 Å². The monoisotopic (exact) mass is 313 g/mol. The molecule has 1 aliphatic rings. The van der Waals surface area contributed by atoms with Crippen molar-refractivity contribution in [3.05, 3.63) is 52.8 Å².